The van der Waals surface area contributed by atoms with Gasteiger partial charge in [0.05, 0.1) is 19.1 Å². The largest absolute Gasteiger partial charge is 0.467 e. The second-order valence-electron chi connectivity index (χ2n) is 5.50. The highest BCUT2D eigenvalue weighted by molar-refractivity contribution is 5.86. The molecule has 0 radical (unpaired) electrons. The van der Waals surface area contributed by atoms with E-state index in [2.05, 4.69) is 0 Å². The molecule has 0 saturated carbocycles. The van der Waals surface area contributed by atoms with Gasteiger partial charge in [0.25, 0.3) is 0 Å². The number of amides is 1. The highest BCUT2D eigenvalue weighted by atomic mass is 19.4. The first kappa shape index (κ1) is 17.3. The fourth-order valence-corrected chi connectivity index (χ4v) is 2.74. The number of alkyl halides is 3. The van der Waals surface area contributed by atoms with Crippen molar-refractivity contribution < 1.29 is 27.5 Å². The number of carbonyl (C=O) groups is 2. The van der Waals surface area contributed by atoms with Crippen LogP contribution in [-0.2, 0) is 26.9 Å². The van der Waals surface area contributed by atoms with Crippen LogP contribution in [0.4, 0.5) is 13.2 Å². The van der Waals surface area contributed by atoms with E-state index in [4.69, 9.17) is 4.74 Å². The van der Waals surface area contributed by atoms with Gasteiger partial charge in [-0.1, -0.05) is 18.2 Å². The molecule has 0 N–H and O–H groups in total. The molecule has 1 fully saturated rings. The van der Waals surface area contributed by atoms with E-state index < -0.39 is 23.8 Å². The molecule has 0 aliphatic carbocycles. The molecule has 0 spiro atoms. The quantitative estimate of drug-likeness (QED) is 0.801. The molecule has 2 rings (SSSR count). The summed E-state index contributed by atoms with van der Waals surface area (Å²) < 4.78 is 42.9. The number of carbonyl (C=O) groups excluding carboxylic acids is 2. The van der Waals surface area contributed by atoms with Gasteiger partial charge in [-0.2, -0.15) is 13.2 Å². The van der Waals surface area contributed by atoms with Crippen LogP contribution in [0.25, 0.3) is 0 Å². The van der Waals surface area contributed by atoms with Gasteiger partial charge in [0.2, 0.25) is 5.91 Å². The highest BCUT2D eigenvalue weighted by Gasteiger charge is 2.33. The smallest absolute Gasteiger partial charge is 0.416 e. The third kappa shape index (κ3) is 4.24. The van der Waals surface area contributed by atoms with Crippen molar-refractivity contribution in [1.29, 1.82) is 0 Å². The molecule has 0 aromatic heterocycles. The van der Waals surface area contributed by atoms with E-state index in [1.807, 2.05) is 0 Å². The summed E-state index contributed by atoms with van der Waals surface area (Å²) in [7, 11) is 1.26. The van der Waals surface area contributed by atoms with Gasteiger partial charge in [0, 0.05) is 6.54 Å². The van der Waals surface area contributed by atoms with Crippen LogP contribution in [0.2, 0.25) is 0 Å². The molecule has 126 valence electrons. The van der Waals surface area contributed by atoms with Gasteiger partial charge in [-0.05, 0) is 30.9 Å². The molecule has 1 aromatic carbocycles. The zero-order valence-corrected chi connectivity index (χ0v) is 12.7. The number of hydrogen-bond acceptors (Lipinski definition) is 3. The zero-order chi connectivity index (χ0) is 17.0. The van der Waals surface area contributed by atoms with Crippen molar-refractivity contribution in [2.24, 2.45) is 0 Å². The molecule has 23 heavy (non-hydrogen) atoms. The highest BCUT2D eigenvalue weighted by Crippen LogP contribution is 2.30. The summed E-state index contributed by atoms with van der Waals surface area (Å²) >= 11 is 0. The summed E-state index contributed by atoms with van der Waals surface area (Å²) in [6.45, 7) is 0.414. The van der Waals surface area contributed by atoms with Crippen molar-refractivity contribution in [3.63, 3.8) is 0 Å². The van der Waals surface area contributed by atoms with Crippen molar-refractivity contribution >= 4 is 11.9 Å². The number of piperidine rings is 1. The minimum atomic E-state index is -4.45. The Labute approximate surface area is 132 Å². The van der Waals surface area contributed by atoms with Gasteiger partial charge in [0.1, 0.15) is 6.04 Å². The number of rotatable bonds is 3. The molecule has 1 aliphatic heterocycles. The molecule has 4 nitrogen and oxygen atoms in total. The second kappa shape index (κ2) is 7.02. The van der Waals surface area contributed by atoms with E-state index in [1.165, 1.54) is 24.1 Å². The molecular weight excluding hydrogens is 311 g/mol. The van der Waals surface area contributed by atoms with Gasteiger partial charge in [-0.3, -0.25) is 4.79 Å². The van der Waals surface area contributed by atoms with E-state index in [1.54, 1.807) is 0 Å². The minimum Gasteiger partial charge on any atom is -0.467 e. The molecule has 1 aromatic rings. The van der Waals surface area contributed by atoms with Crippen LogP contribution in [0.3, 0.4) is 0 Å². The lowest BCUT2D eigenvalue weighted by molar-refractivity contribution is -0.154. The van der Waals surface area contributed by atoms with E-state index in [0.29, 0.717) is 13.0 Å². The maximum Gasteiger partial charge on any atom is 0.416 e. The van der Waals surface area contributed by atoms with Crippen LogP contribution < -0.4 is 0 Å². The molecule has 1 unspecified atom stereocenters. The fraction of sp³-hybridized carbons (Fsp3) is 0.500. The minimum absolute atomic E-state index is 0.169. The lowest BCUT2D eigenvalue weighted by Crippen LogP contribution is -2.49. The van der Waals surface area contributed by atoms with Gasteiger partial charge in [-0.15, -0.1) is 0 Å². The first-order valence-corrected chi connectivity index (χ1v) is 7.36. The van der Waals surface area contributed by atoms with Crippen LogP contribution in [0.5, 0.6) is 0 Å². The monoisotopic (exact) mass is 329 g/mol. The molecule has 1 atom stereocenters. The summed E-state index contributed by atoms with van der Waals surface area (Å²) in [5.74, 6) is -0.846. The number of methoxy groups -OCH3 is 1. The van der Waals surface area contributed by atoms with Crippen molar-refractivity contribution in [3.05, 3.63) is 35.4 Å². The van der Waals surface area contributed by atoms with Gasteiger partial charge >= 0.3 is 12.1 Å². The molecule has 7 heteroatoms. The van der Waals surface area contributed by atoms with E-state index in [-0.39, 0.29) is 17.9 Å². The predicted molar refractivity (Wildman–Crippen MR) is 76.5 cm³/mol. The van der Waals surface area contributed by atoms with E-state index in [9.17, 15) is 22.8 Å². The summed E-state index contributed by atoms with van der Waals surface area (Å²) in [5, 5.41) is 0. The Morgan fingerprint density at radius 3 is 2.70 bits per heavy atom. The number of likely N-dealkylation sites (tertiary alicyclic amines) is 1. The Morgan fingerprint density at radius 1 is 1.30 bits per heavy atom. The lowest BCUT2D eigenvalue weighted by atomic mass is 10.0. The van der Waals surface area contributed by atoms with Crippen molar-refractivity contribution in [2.75, 3.05) is 13.7 Å². The van der Waals surface area contributed by atoms with Crippen LogP contribution in [-0.4, -0.2) is 36.5 Å². The molecule has 1 saturated heterocycles. The van der Waals surface area contributed by atoms with Gasteiger partial charge in [0.15, 0.2) is 0 Å². The first-order valence-electron chi connectivity index (χ1n) is 7.36. The molecule has 1 aliphatic rings. The zero-order valence-electron chi connectivity index (χ0n) is 12.7. The van der Waals surface area contributed by atoms with Crippen molar-refractivity contribution in [2.45, 2.75) is 37.9 Å². The molecular formula is C16H18F3NO3. The standard InChI is InChI=1S/C16H18F3NO3/c1-23-15(22)13-7-2-3-8-20(13)14(21)10-11-5-4-6-12(9-11)16(17,18)19/h4-6,9,13H,2-3,7-8,10H2,1H3. The fourth-order valence-electron chi connectivity index (χ4n) is 2.74. The summed E-state index contributed by atoms with van der Waals surface area (Å²) in [5.41, 5.74) is -0.509. The maximum atomic E-state index is 12.7. The van der Waals surface area contributed by atoms with E-state index >= 15 is 0 Å². The SMILES string of the molecule is COC(=O)C1CCCCN1C(=O)Cc1cccc(C(F)(F)F)c1. The average molecular weight is 329 g/mol. The first-order chi connectivity index (χ1) is 10.8. The Kier molecular flexibility index (Phi) is 5.28. The number of ether oxygens (including phenoxy) is 1. The normalized spacial score (nSPS) is 18.6. The molecule has 0 bridgehead atoms. The third-order valence-electron chi connectivity index (χ3n) is 3.91. The molecule has 1 heterocycles. The predicted octanol–water partition coefficient (Wildman–Crippen LogP) is 2.80. The Morgan fingerprint density at radius 2 is 2.04 bits per heavy atom. The Balaban J connectivity index is 2.13. The third-order valence-corrected chi connectivity index (χ3v) is 3.91. The Bertz CT molecular complexity index is 586. The topological polar surface area (TPSA) is 46.6 Å². The lowest BCUT2D eigenvalue weighted by Gasteiger charge is -2.33. The van der Waals surface area contributed by atoms with Crippen molar-refractivity contribution in [3.8, 4) is 0 Å². The van der Waals surface area contributed by atoms with Crippen LogP contribution >= 0.6 is 0 Å². The number of nitrogens with zero attached hydrogens (tertiary/aromatic N) is 1. The summed E-state index contributed by atoms with van der Waals surface area (Å²) in [6, 6.07) is 4.04. The number of esters is 1. The second-order valence-corrected chi connectivity index (χ2v) is 5.50. The van der Waals surface area contributed by atoms with Crippen LogP contribution in [0.1, 0.15) is 30.4 Å². The summed E-state index contributed by atoms with van der Waals surface area (Å²) in [4.78, 5) is 25.6. The number of benzene rings is 1. The average Bonchev–Trinajstić information content (AvgIpc) is 2.53. The number of hydrogen-bond donors (Lipinski definition) is 0. The van der Waals surface area contributed by atoms with Crippen LogP contribution in [0, 0.1) is 0 Å². The summed E-state index contributed by atoms with van der Waals surface area (Å²) in [6.07, 6.45) is -2.52. The maximum absolute atomic E-state index is 12.7. The number of halogens is 3. The van der Waals surface area contributed by atoms with Gasteiger partial charge < -0.3 is 9.64 Å². The van der Waals surface area contributed by atoms with Crippen molar-refractivity contribution in [1.82, 2.24) is 4.90 Å². The van der Waals surface area contributed by atoms with E-state index in [0.717, 1.165) is 25.0 Å². The van der Waals surface area contributed by atoms with Crippen LogP contribution in [0.15, 0.2) is 24.3 Å². The molecule has 1 amide bonds. The Hall–Kier alpha value is -2.05. The van der Waals surface area contributed by atoms with Gasteiger partial charge in [-0.25, -0.2) is 4.79 Å².